The molecule has 0 saturated carbocycles. The van der Waals surface area contributed by atoms with Gasteiger partial charge in [0, 0.05) is 44.0 Å². The Labute approximate surface area is 202 Å². The Morgan fingerprint density at radius 3 is 2.32 bits per heavy atom. The number of carbonyl (C=O) groups is 3. The maximum atomic E-state index is 13.7. The molecule has 2 aliphatic rings. The van der Waals surface area contributed by atoms with Crippen LogP contribution in [-0.4, -0.2) is 72.1 Å². The monoisotopic (exact) mass is 473 g/mol. The Bertz CT molecular complexity index is 885. The average molecular weight is 474 g/mol. The van der Waals surface area contributed by atoms with Crippen molar-refractivity contribution in [3.05, 3.63) is 29.8 Å². The third kappa shape index (κ3) is 5.71. The molecule has 3 amide bonds. The van der Waals surface area contributed by atoms with Crippen LogP contribution in [0, 0.1) is 5.41 Å². The molecule has 2 aliphatic heterocycles. The molecule has 1 aromatic rings. The van der Waals surface area contributed by atoms with Gasteiger partial charge in [0.2, 0.25) is 11.8 Å². The van der Waals surface area contributed by atoms with Crippen LogP contribution in [0.25, 0.3) is 0 Å². The third-order valence-electron chi connectivity index (χ3n) is 6.70. The number of benzene rings is 1. The van der Waals surface area contributed by atoms with Crippen LogP contribution < -0.4 is 10.1 Å². The molecule has 1 spiro atoms. The lowest BCUT2D eigenvalue weighted by molar-refractivity contribution is -0.145. The van der Waals surface area contributed by atoms with E-state index in [9.17, 15) is 14.4 Å². The van der Waals surface area contributed by atoms with E-state index in [0.29, 0.717) is 43.7 Å². The number of likely N-dealkylation sites (tertiary alicyclic amines) is 1. The molecule has 8 heteroatoms. The number of hydrogen-bond acceptors (Lipinski definition) is 5. The highest BCUT2D eigenvalue weighted by Gasteiger charge is 2.54. The predicted octanol–water partition coefficient (Wildman–Crippen LogP) is 3.21. The molecule has 188 valence electrons. The molecule has 0 bridgehead atoms. The van der Waals surface area contributed by atoms with Gasteiger partial charge in [0.1, 0.15) is 17.5 Å². The maximum Gasteiger partial charge on any atom is 0.256 e. The average Bonchev–Trinajstić information content (AvgIpc) is 3.16. The van der Waals surface area contributed by atoms with Crippen molar-refractivity contribution in [1.82, 2.24) is 15.1 Å². The zero-order chi connectivity index (χ0) is 25.1. The molecule has 2 heterocycles. The molecule has 2 atom stereocenters. The summed E-state index contributed by atoms with van der Waals surface area (Å²) >= 11 is 0. The largest absolute Gasteiger partial charge is 0.497 e. The number of ether oxygens (including phenoxy) is 2. The van der Waals surface area contributed by atoms with Gasteiger partial charge >= 0.3 is 0 Å². The first-order chi connectivity index (χ1) is 16.0. The highest BCUT2D eigenvalue weighted by molar-refractivity contribution is 5.98. The van der Waals surface area contributed by atoms with E-state index >= 15 is 0 Å². The van der Waals surface area contributed by atoms with Gasteiger partial charge < -0.3 is 19.7 Å². The number of methoxy groups -OCH3 is 1. The summed E-state index contributed by atoms with van der Waals surface area (Å²) in [5, 5.41) is 3.00. The van der Waals surface area contributed by atoms with Gasteiger partial charge in [0.05, 0.1) is 13.7 Å². The first kappa shape index (κ1) is 26.0. The van der Waals surface area contributed by atoms with Gasteiger partial charge in [-0.2, -0.15) is 0 Å². The number of hydrogen-bond donors (Lipinski definition) is 1. The minimum absolute atomic E-state index is 0.00106. The molecule has 8 nitrogen and oxygen atoms in total. The summed E-state index contributed by atoms with van der Waals surface area (Å²) in [5.41, 5.74) is -0.531. The van der Waals surface area contributed by atoms with Crippen molar-refractivity contribution in [3.8, 4) is 5.75 Å². The number of nitrogens with one attached hydrogen (secondary N) is 1. The number of piperidine rings is 1. The van der Waals surface area contributed by atoms with Crippen molar-refractivity contribution in [2.24, 2.45) is 5.41 Å². The van der Waals surface area contributed by atoms with Crippen molar-refractivity contribution in [2.45, 2.75) is 78.1 Å². The van der Waals surface area contributed by atoms with Gasteiger partial charge in [-0.15, -0.1) is 0 Å². The SMILES string of the molecule is CCC(C)NC(=O)C1COC2(CCN(C(=O)CC(C)(C)C)CC2)N1C(=O)c1ccc(OC)cc1. The normalized spacial score (nSPS) is 20.8. The topological polar surface area (TPSA) is 88.2 Å². The van der Waals surface area contributed by atoms with E-state index in [2.05, 4.69) is 5.32 Å². The second kappa shape index (κ2) is 10.3. The Hall–Kier alpha value is -2.61. The molecule has 2 fully saturated rings. The fourth-order valence-electron chi connectivity index (χ4n) is 4.55. The number of nitrogens with zero attached hydrogens (tertiary/aromatic N) is 2. The second-order valence-corrected chi connectivity index (χ2v) is 10.6. The Morgan fingerprint density at radius 2 is 1.79 bits per heavy atom. The van der Waals surface area contributed by atoms with Crippen LogP contribution in [0.15, 0.2) is 24.3 Å². The zero-order valence-electron chi connectivity index (χ0n) is 21.3. The summed E-state index contributed by atoms with van der Waals surface area (Å²) in [7, 11) is 1.57. The van der Waals surface area contributed by atoms with E-state index in [0.717, 1.165) is 6.42 Å². The van der Waals surface area contributed by atoms with Crippen LogP contribution in [0.1, 0.15) is 70.7 Å². The van der Waals surface area contributed by atoms with Crippen molar-refractivity contribution in [1.29, 1.82) is 0 Å². The third-order valence-corrected chi connectivity index (χ3v) is 6.70. The minimum atomic E-state index is -0.910. The van der Waals surface area contributed by atoms with E-state index in [1.807, 2.05) is 39.5 Å². The van der Waals surface area contributed by atoms with Crippen molar-refractivity contribution < 1.29 is 23.9 Å². The van der Waals surface area contributed by atoms with Crippen LogP contribution in [0.4, 0.5) is 0 Å². The summed E-state index contributed by atoms with van der Waals surface area (Å²) in [5.74, 6) is 0.304. The highest BCUT2D eigenvalue weighted by Crippen LogP contribution is 2.39. The Balaban J connectivity index is 1.84. The summed E-state index contributed by atoms with van der Waals surface area (Å²) in [6.45, 7) is 11.2. The van der Waals surface area contributed by atoms with Gasteiger partial charge in [-0.3, -0.25) is 19.3 Å². The van der Waals surface area contributed by atoms with Crippen molar-refractivity contribution >= 4 is 17.7 Å². The quantitative estimate of drug-likeness (QED) is 0.686. The molecule has 0 aliphatic carbocycles. The van der Waals surface area contributed by atoms with Crippen LogP contribution in [0.5, 0.6) is 5.75 Å². The number of rotatable bonds is 6. The van der Waals surface area contributed by atoms with Gasteiger partial charge in [0.25, 0.3) is 5.91 Å². The molecular formula is C26H39N3O5. The van der Waals surface area contributed by atoms with Crippen molar-refractivity contribution in [3.63, 3.8) is 0 Å². The predicted molar refractivity (Wildman–Crippen MR) is 129 cm³/mol. The molecule has 1 aromatic carbocycles. The fourth-order valence-corrected chi connectivity index (χ4v) is 4.55. The van der Waals surface area contributed by atoms with Crippen LogP contribution in [-0.2, 0) is 14.3 Å². The molecular weight excluding hydrogens is 434 g/mol. The first-order valence-corrected chi connectivity index (χ1v) is 12.2. The number of amides is 3. The Kier molecular flexibility index (Phi) is 7.91. The van der Waals surface area contributed by atoms with Crippen molar-refractivity contribution in [2.75, 3.05) is 26.8 Å². The minimum Gasteiger partial charge on any atom is -0.497 e. The molecule has 0 aromatic heterocycles. The van der Waals surface area contributed by atoms with Gasteiger partial charge in [-0.25, -0.2) is 0 Å². The summed E-state index contributed by atoms with van der Waals surface area (Å²) in [4.78, 5) is 43.1. The highest BCUT2D eigenvalue weighted by atomic mass is 16.5. The van der Waals surface area contributed by atoms with E-state index in [1.165, 1.54) is 0 Å². The molecule has 0 radical (unpaired) electrons. The van der Waals surface area contributed by atoms with E-state index < -0.39 is 11.8 Å². The van der Waals surface area contributed by atoms with Crippen LogP contribution in [0.3, 0.4) is 0 Å². The fraction of sp³-hybridized carbons (Fsp3) is 0.654. The number of carbonyl (C=O) groups excluding carboxylic acids is 3. The van der Waals surface area contributed by atoms with E-state index in [1.54, 1.807) is 36.3 Å². The summed E-state index contributed by atoms with van der Waals surface area (Å²) in [6, 6.07) is 6.16. The van der Waals surface area contributed by atoms with E-state index in [-0.39, 0.29) is 35.8 Å². The lowest BCUT2D eigenvalue weighted by Crippen LogP contribution is -2.60. The zero-order valence-corrected chi connectivity index (χ0v) is 21.3. The van der Waals surface area contributed by atoms with Gasteiger partial charge in [-0.1, -0.05) is 27.7 Å². The standard InChI is InChI=1S/C26H39N3O5/c1-7-18(2)27-23(31)21-17-34-26(12-14-28(15-13-26)22(30)16-25(3,4)5)29(21)24(32)19-8-10-20(33-6)11-9-19/h8-11,18,21H,7,12-17H2,1-6H3,(H,27,31). The lowest BCUT2D eigenvalue weighted by atomic mass is 9.90. The maximum absolute atomic E-state index is 13.7. The Morgan fingerprint density at radius 1 is 1.18 bits per heavy atom. The van der Waals surface area contributed by atoms with Gasteiger partial charge in [-0.05, 0) is 43.0 Å². The lowest BCUT2D eigenvalue weighted by Gasteiger charge is -2.45. The molecule has 1 N–H and O–H groups in total. The van der Waals surface area contributed by atoms with Gasteiger partial charge in [0.15, 0.2) is 0 Å². The molecule has 2 unspecified atom stereocenters. The van der Waals surface area contributed by atoms with Crippen LogP contribution in [0.2, 0.25) is 0 Å². The van der Waals surface area contributed by atoms with Crippen LogP contribution >= 0.6 is 0 Å². The molecule has 3 rings (SSSR count). The first-order valence-electron chi connectivity index (χ1n) is 12.2. The second-order valence-electron chi connectivity index (χ2n) is 10.6. The molecule has 2 saturated heterocycles. The smallest absolute Gasteiger partial charge is 0.256 e. The summed E-state index contributed by atoms with van der Waals surface area (Å²) < 4.78 is 11.5. The van der Waals surface area contributed by atoms with E-state index in [4.69, 9.17) is 9.47 Å². The summed E-state index contributed by atoms with van der Waals surface area (Å²) in [6.07, 6.45) is 2.20. The molecule has 34 heavy (non-hydrogen) atoms.